The lowest BCUT2D eigenvalue weighted by atomic mass is 9.89. The van der Waals surface area contributed by atoms with Crippen LogP contribution in [0.5, 0.6) is 0 Å². The number of benzene rings is 3. The van der Waals surface area contributed by atoms with Crippen LogP contribution >= 0.6 is 11.8 Å². The zero-order valence-electron chi connectivity index (χ0n) is 12.8. The standard InChI is InChI=1S/C21H16OS/c1-21(18-11-10-15-6-2-3-7-16(15)12-18)19(14-22)13-17-8-4-5-9-20(17)23-21/h2-14H,1H3/t21-/m1/s1. The molecule has 1 aliphatic heterocycles. The maximum absolute atomic E-state index is 11.7. The zero-order chi connectivity index (χ0) is 15.9. The van der Waals surface area contributed by atoms with Gasteiger partial charge in [-0.25, -0.2) is 0 Å². The number of aldehydes is 1. The fraction of sp³-hybridized carbons (Fsp3) is 0.0952. The maximum Gasteiger partial charge on any atom is 0.147 e. The van der Waals surface area contributed by atoms with Crippen LogP contribution in [0.4, 0.5) is 0 Å². The van der Waals surface area contributed by atoms with Gasteiger partial charge in [0.15, 0.2) is 0 Å². The second kappa shape index (κ2) is 5.39. The third-order valence-corrected chi connectivity index (χ3v) is 5.99. The van der Waals surface area contributed by atoms with Gasteiger partial charge < -0.3 is 0 Å². The summed E-state index contributed by atoms with van der Waals surface area (Å²) < 4.78 is -0.361. The van der Waals surface area contributed by atoms with Gasteiger partial charge in [0.1, 0.15) is 6.29 Å². The van der Waals surface area contributed by atoms with Gasteiger partial charge in [0.25, 0.3) is 0 Å². The molecule has 0 radical (unpaired) electrons. The molecule has 1 atom stereocenters. The summed E-state index contributed by atoms with van der Waals surface area (Å²) in [4.78, 5) is 13.0. The van der Waals surface area contributed by atoms with E-state index in [4.69, 9.17) is 0 Å². The molecule has 3 aromatic carbocycles. The second-order valence-electron chi connectivity index (χ2n) is 5.95. The fourth-order valence-electron chi connectivity index (χ4n) is 3.13. The van der Waals surface area contributed by atoms with Crippen LogP contribution in [-0.4, -0.2) is 6.29 Å². The molecule has 0 saturated carbocycles. The summed E-state index contributed by atoms with van der Waals surface area (Å²) in [7, 11) is 0. The highest BCUT2D eigenvalue weighted by Gasteiger charge is 2.35. The minimum atomic E-state index is -0.361. The first-order chi connectivity index (χ1) is 11.2. The molecular weight excluding hydrogens is 300 g/mol. The lowest BCUT2D eigenvalue weighted by Gasteiger charge is -2.34. The number of carbonyl (C=O) groups is 1. The molecule has 23 heavy (non-hydrogen) atoms. The topological polar surface area (TPSA) is 17.1 Å². The summed E-state index contributed by atoms with van der Waals surface area (Å²) in [5.41, 5.74) is 3.10. The largest absolute Gasteiger partial charge is 0.298 e. The first-order valence-corrected chi connectivity index (χ1v) is 8.47. The average molecular weight is 316 g/mol. The Balaban J connectivity index is 1.90. The first kappa shape index (κ1) is 14.3. The molecule has 0 saturated heterocycles. The molecule has 0 spiro atoms. The Labute approximate surface area is 140 Å². The van der Waals surface area contributed by atoms with Crippen molar-refractivity contribution in [3.63, 3.8) is 0 Å². The molecule has 2 heteroatoms. The highest BCUT2D eigenvalue weighted by Crippen LogP contribution is 2.51. The van der Waals surface area contributed by atoms with E-state index in [0.29, 0.717) is 0 Å². The molecule has 0 bridgehead atoms. The molecule has 0 N–H and O–H groups in total. The highest BCUT2D eigenvalue weighted by atomic mass is 32.2. The Morgan fingerprint density at radius 2 is 1.65 bits per heavy atom. The number of rotatable bonds is 2. The molecule has 0 aliphatic carbocycles. The molecule has 0 amide bonds. The minimum absolute atomic E-state index is 0.361. The van der Waals surface area contributed by atoms with E-state index in [-0.39, 0.29) is 4.75 Å². The summed E-state index contributed by atoms with van der Waals surface area (Å²) in [6.07, 6.45) is 3.02. The summed E-state index contributed by atoms with van der Waals surface area (Å²) in [5, 5.41) is 2.42. The van der Waals surface area contributed by atoms with Gasteiger partial charge in [0, 0.05) is 10.5 Å². The summed E-state index contributed by atoms with van der Waals surface area (Å²) in [6.45, 7) is 2.14. The summed E-state index contributed by atoms with van der Waals surface area (Å²) >= 11 is 1.75. The van der Waals surface area contributed by atoms with Crippen molar-refractivity contribution in [2.75, 3.05) is 0 Å². The van der Waals surface area contributed by atoms with Crippen LogP contribution in [0.25, 0.3) is 16.8 Å². The quantitative estimate of drug-likeness (QED) is 0.585. The summed E-state index contributed by atoms with van der Waals surface area (Å²) in [6, 6.07) is 23.1. The Bertz CT molecular complexity index is 941. The van der Waals surface area contributed by atoms with E-state index >= 15 is 0 Å². The molecule has 1 aliphatic rings. The zero-order valence-corrected chi connectivity index (χ0v) is 13.6. The van der Waals surface area contributed by atoms with E-state index < -0.39 is 0 Å². The molecule has 3 aromatic rings. The van der Waals surface area contributed by atoms with E-state index in [2.05, 4.69) is 49.4 Å². The first-order valence-electron chi connectivity index (χ1n) is 7.65. The SMILES string of the molecule is C[C@]1(c2ccc3ccccc3c2)Sc2ccccc2C=C1C=O. The molecule has 1 nitrogen and oxygen atoms in total. The van der Waals surface area contributed by atoms with Crippen molar-refractivity contribution in [3.05, 3.63) is 83.4 Å². The molecular formula is C21H16OS. The Morgan fingerprint density at radius 3 is 2.48 bits per heavy atom. The van der Waals surface area contributed by atoms with Crippen LogP contribution in [0.3, 0.4) is 0 Å². The second-order valence-corrected chi connectivity index (χ2v) is 7.41. The Hall–Kier alpha value is -2.32. The van der Waals surface area contributed by atoms with Crippen molar-refractivity contribution in [2.45, 2.75) is 16.6 Å². The van der Waals surface area contributed by atoms with Crippen molar-refractivity contribution in [2.24, 2.45) is 0 Å². The van der Waals surface area contributed by atoms with Crippen molar-refractivity contribution in [3.8, 4) is 0 Å². The molecule has 112 valence electrons. The molecule has 0 aromatic heterocycles. The van der Waals surface area contributed by atoms with Crippen molar-refractivity contribution < 1.29 is 4.79 Å². The van der Waals surface area contributed by atoms with Crippen molar-refractivity contribution in [1.29, 1.82) is 0 Å². The highest BCUT2D eigenvalue weighted by molar-refractivity contribution is 8.00. The van der Waals surface area contributed by atoms with Crippen molar-refractivity contribution >= 4 is 34.9 Å². The lowest BCUT2D eigenvalue weighted by molar-refractivity contribution is -0.105. The van der Waals surface area contributed by atoms with E-state index in [1.54, 1.807) is 11.8 Å². The predicted octanol–water partition coefficient (Wildman–Crippen LogP) is 5.44. The monoisotopic (exact) mass is 316 g/mol. The Morgan fingerprint density at radius 1 is 0.913 bits per heavy atom. The summed E-state index contributed by atoms with van der Waals surface area (Å²) in [5.74, 6) is 0. The Kier molecular flexibility index (Phi) is 3.35. The van der Waals surface area contributed by atoms with Crippen LogP contribution in [0.2, 0.25) is 0 Å². The smallest absolute Gasteiger partial charge is 0.147 e. The molecule has 4 rings (SSSR count). The van der Waals surface area contributed by atoms with Crippen LogP contribution in [0.1, 0.15) is 18.1 Å². The van der Waals surface area contributed by atoms with Crippen LogP contribution < -0.4 is 0 Å². The van der Waals surface area contributed by atoms with Gasteiger partial charge in [-0.3, -0.25) is 4.79 Å². The number of hydrogen-bond donors (Lipinski definition) is 0. The minimum Gasteiger partial charge on any atom is -0.298 e. The molecule has 0 fully saturated rings. The number of carbonyl (C=O) groups excluding carboxylic acids is 1. The third kappa shape index (κ3) is 2.30. The van der Waals surface area contributed by atoms with Gasteiger partial charge in [0.05, 0.1) is 4.75 Å². The van der Waals surface area contributed by atoms with Gasteiger partial charge in [0.2, 0.25) is 0 Å². The lowest BCUT2D eigenvalue weighted by Crippen LogP contribution is -2.23. The van der Waals surface area contributed by atoms with Gasteiger partial charge in [-0.15, -0.1) is 11.8 Å². The third-order valence-electron chi connectivity index (χ3n) is 4.52. The van der Waals surface area contributed by atoms with Gasteiger partial charge >= 0.3 is 0 Å². The van der Waals surface area contributed by atoms with E-state index in [0.717, 1.165) is 23.0 Å². The van der Waals surface area contributed by atoms with Gasteiger partial charge in [-0.1, -0.05) is 54.6 Å². The van der Waals surface area contributed by atoms with Gasteiger partial charge in [-0.05, 0) is 47.0 Å². The van der Waals surface area contributed by atoms with E-state index in [1.165, 1.54) is 15.7 Å². The van der Waals surface area contributed by atoms with E-state index in [9.17, 15) is 4.79 Å². The number of thioether (sulfide) groups is 1. The molecule has 1 heterocycles. The van der Waals surface area contributed by atoms with E-state index in [1.807, 2.05) is 30.3 Å². The van der Waals surface area contributed by atoms with Crippen LogP contribution in [-0.2, 0) is 9.54 Å². The normalized spacial score (nSPS) is 20.0. The van der Waals surface area contributed by atoms with Crippen LogP contribution in [0, 0.1) is 0 Å². The van der Waals surface area contributed by atoms with Crippen molar-refractivity contribution in [1.82, 2.24) is 0 Å². The van der Waals surface area contributed by atoms with Crippen LogP contribution in [0.15, 0.2) is 77.2 Å². The number of hydrogen-bond acceptors (Lipinski definition) is 2. The fourth-order valence-corrected chi connectivity index (χ4v) is 4.44. The number of fused-ring (bicyclic) bond motifs is 2. The molecule has 0 unspecified atom stereocenters. The maximum atomic E-state index is 11.7. The average Bonchev–Trinajstić information content (AvgIpc) is 2.60. The predicted molar refractivity (Wildman–Crippen MR) is 97.6 cm³/mol. The van der Waals surface area contributed by atoms with Gasteiger partial charge in [-0.2, -0.15) is 0 Å².